The van der Waals surface area contributed by atoms with Gasteiger partial charge in [-0.15, -0.1) is 0 Å². The van der Waals surface area contributed by atoms with E-state index < -0.39 is 0 Å². The molecule has 0 aliphatic heterocycles. The molecule has 1 amide bonds. The monoisotopic (exact) mass is 401 g/mol. The Labute approximate surface area is 157 Å². The Morgan fingerprint density at radius 1 is 1.20 bits per heavy atom. The molecule has 25 heavy (non-hydrogen) atoms. The lowest BCUT2D eigenvalue weighted by Crippen LogP contribution is -2.20. The molecule has 0 spiro atoms. The zero-order valence-electron chi connectivity index (χ0n) is 14.8. The summed E-state index contributed by atoms with van der Waals surface area (Å²) in [6.45, 7) is 8.26. The molecule has 3 rings (SSSR count). The van der Waals surface area contributed by atoms with E-state index in [0.29, 0.717) is 23.8 Å². The molecule has 0 radical (unpaired) electrons. The minimum Gasteiger partial charge on any atom is -0.322 e. The standard InChI is InChI=1S/C21H24BrNO2/c1-12-4-5-15(10-19-14(3)20(24)11-18(12)19)13(2)21(25)23-17-8-6-16(22)7-9-17/h6-9,12,15,18H,2,4-5,10-11H2,1,3H3,(H,23,25)/t12?,15-,18-/m0/s1. The summed E-state index contributed by atoms with van der Waals surface area (Å²) < 4.78 is 0.974. The first-order valence-corrected chi connectivity index (χ1v) is 9.64. The van der Waals surface area contributed by atoms with Gasteiger partial charge < -0.3 is 5.32 Å². The first-order valence-electron chi connectivity index (χ1n) is 8.85. The molecule has 2 aliphatic carbocycles. The Morgan fingerprint density at radius 2 is 1.88 bits per heavy atom. The number of Topliss-reactive ketones (excluding diaryl/α,β-unsaturated/α-hetero) is 1. The fraction of sp³-hybridized carbons (Fsp3) is 0.429. The number of amides is 1. The molecule has 0 bridgehead atoms. The molecule has 3 nitrogen and oxygen atoms in total. The Morgan fingerprint density at radius 3 is 2.56 bits per heavy atom. The number of ketones is 1. The smallest absolute Gasteiger partial charge is 0.251 e. The van der Waals surface area contributed by atoms with Gasteiger partial charge in [-0.3, -0.25) is 9.59 Å². The van der Waals surface area contributed by atoms with E-state index in [2.05, 4.69) is 34.7 Å². The fourth-order valence-corrected chi connectivity index (χ4v) is 4.31. The average Bonchev–Trinajstić information content (AvgIpc) is 2.77. The summed E-state index contributed by atoms with van der Waals surface area (Å²) >= 11 is 3.39. The molecule has 132 valence electrons. The Kier molecular flexibility index (Phi) is 5.28. The number of benzene rings is 1. The van der Waals surface area contributed by atoms with Crippen LogP contribution >= 0.6 is 15.9 Å². The van der Waals surface area contributed by atoms with Crippen molar-refractivity contribution in [2.45, 2.75) is 39.5 Å². The van der Waals surface area contributed by atoms with E-state index in [1.54, 1.807) is 0 Å². The van der Waals surface area contributed by atoms with Gasteiger partial charge >= 0.3 is 0 Å². The lowest BCUT2D eigenvalue weighted by Gasteiger charge is -2.19. The van der Waals surface area contributed by atoms with Crippen LogP contribution in [0.1, 0.15) is 39.5 Å². The summed E-state index contributed by atoms with van der Waals surface area (Å²) in [5, 5.41) is 2.94. The van der Waals surface area contributed by atoms with Crippen molar-refractivity contribution in [3.05, 3.63) is 52.0 Å². The van der Waals surface area contributed by atoms with Crippen molar-refractivity contribution < 1.29 is 9.59 Å². The maximum Gasteiger partial charge on any atom is 0.251 e. The van der Waals surface area contributed by atoms with Crippen molar-refractivity contribution in [2.75, 3.05) is 5.32 Å². The van der Waals surface area contributed by atoms with E-state index in [1.807, 2.05) is 31.2 Å². The van der Waals surface area contributed by atoms with Crippen molar-refractivity contribution in [1.82, 2.24) is 0 Å². The largest absolute Gasteiger partial charge is 0.322 e. The molecule has 1 N–H and O–H groups in total. The van der Waals surface area contributed by atoms with Crippen LogP contribution in [0, 0.1) is 17.8 Å². The van der Waals surface area contributed by atoms with Gasteiger partial charge in [0, 0.05) is 22.2 Å². The zero-order chi connectivity index (χ0) is 18.1. The van der Waals surface area contributed by atoms with Gasteiger partial charge in [-0.2, -0.15) is 0 Å². The number of allylic oxidation sites excluding steroid dienone is 2. The molecule has 1 aromatic carbocycles. The number of rotatable bonds is 3. The molecule has 2 aliphatic rings. The summed E-state index contributed by atoms with van der Waals surface area (Å²) in [5.41, 5.74) is 3.57. The summed E-state index contributed by atoms with van der Waals surface area (Å²) in [4.78, 5) is 24.7. The van der Waals surface area contributed by atoms with Crippen LogP contribution in [0.2, 0.25) is 0 Å². The number of carbonyl (C=O) groups is 2. The van der Waals surface area contributed by atoms with Crippen LogP contribution in [-0.2, 0) is 9.59 Å². The SMILES string of the molecule is C=C(C(=O)Nc1ccc(Br)cc1)[C@H]1CCC(C)[C@@H]2CC(=O)C(C)=C2C1. The molecule has 1 saturated carbocycles. The highest BCUT2D eigenvalue weighted by molar-refractivity contribution is 9.10. The predicted octanol–water partition coefficient (Wildman–Crippen LogP) is 5.29. The highest BCUT2D eigenvalue weighted by Gasteiger charge is 2.37. The summed E-state index contributed by atoms with van der Waals surface area (Å²) in [6, 6.07) is 7.52. The molecule has 0 heterocycles. The second-order valence-electron chi connectivity index (χ2n) is 7.33. The van der Waals surface area contributed by atoms with Crippen LogP contribution in [0.25, 0.3) is 0 Å². The molecule has 0 saturated heterocycles. The summed E-state index contributed by atoms with van der Waals surface area (Å²) in [6.07, 6.45) is 3.42. The predicted molar refractivity (Wildman–Crippen MR) is 104 cm³/mol. The third-order valence-electron chi connectivity index (χ3n) is 5.76. The van der Waals surface area contributed by atoms with E-state index in [4.69, 9.17) is 0 Å². The maximum atomic E-state index is 12.6. The molecule has 3 atom stereocenters. The van der Waals surface area contributed by atoms with Crippen LogP contribution < -0.4 is 5.32 Å². The number of fused-ring (bicyclic) bond motifs is 1. The lowest BCUT2D eigenvalue weighted by atomic mass is 9.86. The van der Waals surface area contributed by atoms with E-state index in [-0.39, 0.29) is 17.6 Å². The molecule has 4 heteroatoms. The van der Waals surface area contributed by atoms with Crippen LogP contribution in [0.15, 0.2) is 52.0 Å². The Bertz CT molecular complexity index is 748. The molecule has 1 aromatic rings. The van der Waals surface area contributed by atoms with E-state index in [9.17, 15) is 9.59 Å². The summed E-state index contributed by atoms with van der Waals surface area (Å²) in [5.74, 6) is 1.11. The molecule has 1 fully saturated rings. The third kappa shape index (κ3) is 3.79. The molecular formula is C21H24BrNO2. The normalized spacial score (nSPS) is 26.2. The van der Waals surface area contributed by atoms with Crippen LogP contribution in [0.3, 0.4) is 0 Å². The van der Waals surface area contributed by atoms with Gasteiger partial charge in [-0.1, -0.05) is 35.0 Å². The zero-order valence-corrected chi connectivity index (χ0v) is 16.4. The number of hydrogen-bond donors (Lipinski definition) is 1. The van der Waals surface area contributed by atoms with E-state index in [1.165, 1.54) is 5.57 Å². The maximum absolute atomic E-state index is 12.6. The van der Waals surface area contributed by atoms with Gasteiger partial charge in [-0.25, -0.2) is 0 Å². The first-order chi connectivity index (χ1) is 11.9. The van der Waals surface area contributed by atoms with Gasteiger partial charge in [-0.05, 0) is 73.8 Å². The van der Waals surface area contributed by atoms with Gasteiger partial charge in [0.25, 0.3) is 5.91 Å². The van der Waals surface area contributed by atoms with Crippen LogP contribution in [0.5, 0.6) is 0 Å². The van der Waals surface area contributed by atoms with Crippen molar-refractivity contribution in [3.63, 3.8) is 0 Å². The average molecular weight is 402 g/mol. The quantitative estimate of drug-likeness (QED) is 0.699. The Balaban J connectivity index is 1.74. The number of carbonyl (C=O) groups excluding carboxylic acids is 2. The van der Waals surface area contributed by atoms with Crippen molar-refractivity contribution in [2.24, 2.45) is 17.8 Å². The minimum atomic E-state index is -0.124. The Hall–Kier alpha value is -1.68. The van der Waals surface area contributed by atoms with Gasteiger partial charge in [0.15, 0.2) is 5.78 Å². The topological polar surface area (TPSA) is 46.2 Å². The number of halogens is 1. The second kappa shape index (κ2) is 7.28. The third-order valence-corrected chi connectivity index (χ3v) is 6.29. The lowest BCUT2D eigenvalue weighted by molar-refractivity contribution is -0.115. The fourth-order valence-electron chi connectivity index (χ4n) is 4.04. The van der Waals surface area contributed by atoms with Crippen molar-refractivity contribution in [3.8, 4) is 0 Å². The number of anilines is 1. The molecule has 0 aromatic heterocycles. The molecule has 1 unspecified atom stereocenters. The minimum absolute atomic E-state index is 0.110. The first kappa shape index (κ1) is 18.1. The van der Waals surface area contributed by atoms with Gasteiger partial charge in [0.1, 0.15) is 0 Å². The van der Waals surface area contributed by atoms with Crippen LogP contribution in [-0.4, -0.2) is 11.7 Å². The second-order valence-corrected chi connectivity index (χ2v) is 8.24. The number of hydrogen-bond acceptors (Lipinski definition) is 2. The van der Waals surface area contributed by atoms with Crippen LogP contribution in [0.4, 0.5) is 5.69 Å². The van der Waals surface area contributed by atoms with Gasteiger partial charge in [0.05, 0.1) is 0 Å². The summed E-state index contributed by atoms with van der Waals surface area (Å²) in [7, 11) is 0. The number of nitrogens with one attached hydrogen (secondary N) is 1. The van der Waals surface area contributed by atoms with Gasteiger partial charge in [0.2, 0.25) is 0 Å². The highest BCUT2D eigenvalue weighted by atomic mass is 79.9. The van der Waals surface area contributed by atoms with E-state index >= 15 is 0 Å². The van der Waals surface area contributed by atoms with Crippen molar-refractivity contribution in [1.29, 1.82) is 0 Å². The van der Waals surface area contributed by atoms with E-state index in [0.717, 1.165) is 35.0 Å². The molecular weight excluding hydrogens is 378 g/mol. The highest BCUT2D eigenvalue weighted by Crippen LogP contribution is 2.45. The van der Waals surface area contributed by atoms with Crippen molar-refractivity contribution >= 4 is 33.3 Å².